The second-order valence-corrected chi connectivity index (χ2v) is 4.09. The number of rotatable bonds is 4. The van der Waals surface area contributed by atoms with Crippen LogP contribution >= 0.6 is 0 Å². The number of primary amides is 1. The van der Waals surface area contributed by atoms with Gasteiger partial charge < -0.3 is 11.1 Å². The topological polar surface area (TPSA) is 80.9 Å². The number of carbonyl (C=O) groups is 1. The summed E-state index contributed by atoms with van der Waals surface area (Å²) < 4.78 is 0. The van der Waals surface area contributed by atoms with Crippen molar-refractivity contribution in [3.63, 3.8) is 0 Å². The monoisotopic (exact) mass is 208 g/mol. The molecule has 5 nitrogen and oxygen atoms in total. The van der Waals surface area contributed by atoms with Crippen molar-refractivity contribution in [3.05, 3.63) is 18.1 Å². The van der Waals surface area contributed by atoms with Crippen molar-refractivity contribution in [1.82, 2.24) is 9.97 Å². The smallest absolute Gasteiger partial charge is 0.224 e. The molecular weight excluding hydrogens is 192 g/mol. The van der Waals surface area contributed by atoms with Crippen LogP contribution in [-0.2, 0) is 4.79 Å². The zero-order valence-corrected chi connectivity index (χ0v) is 9.24. The summed E-state index contributed by atoms with van der Waals surface area (Å²) >= 11 is 0. The third kappa shape index (κ3) is 2.90. The molecule has 0 aliphatic carbocycles. The number of carbonyl (C=O) groups excluding carboxylic acids is 1. The molecule has 0 unspecified atom stereocenters. The lowest BCUT2D eigenvalue weighted by Gasteiger charge is -2.21. The van der Waals surface area contributed by atoms with Gasteiger partial charge in [0.1, 0.15) is 5.82 Å². The summed E-state index contributed by atoms with van der Waals surface area (Å²) in [6.45, 7) is 5.87. The van der Waals surface area contributed by atoms with Crippen LogP contribution in [0.2, 0.25) is 0 Å². The summed E-state index contributed by atoms with van der Waals surface area (Å²) in [4.78, 5) is 19.3. The third-order valence-electron chi connectivity index (χ3n) is 2.25. The minimum atomic E-state index is -0.593. The Morgan fingerprint density at radius 1 is 1.47 bits per heavy atom. The van der Waals surface area contributed by atoms with E-state index in [1.165, 1.54) is 0 Å². The normalized spacial score (nSPS) is 11.1. The van der Waals surface area contributed by atoms with Crippen molar-refractivity contribution < 1.29 is 4.79 Å². The van der Waals surface area contributed by atoms with Crippen LogP contribution in [0.25, 0.3) is 0 Å². The van der Waals surface area contributed by atoms with Gasteiger partial charge in [0.25, 0.3) is 0 Å². The van der Waals surface area contributed by atoms with E-state index in [0.717, 1.165) is 5.69 Å². The van der Waals surface area contributed by atoms with Gasteiger partial charge in [0.2, 0.25) is 5.91 Å². The van der Waals surface area contributed by atoms with Gasteiger partial charge in [-0.05, 0) is 20.8 Å². The van der Waals surface area contributed by atoms with Gasteiger partial charge in [-0.15, -0.1) is 0 Å². The van der Waals surface area contributed by atoms with Crippen LogP contribution in [0.15, 0.2) is 12.4 Å². The maximum atomic E-state index is 11.1. The quantitative estimate of drug-likeness (QED) is 0.763. The van der Waals surface area contributed by atoms with Crippen molar-refractivity contribution >= 4 is 11.7 Å². The van der Waals surface area contributed by atoms with Crippen LogP contribution in [0.5, 0.6) is 0 Å². The van der Waals surface area contributed by atoms with Crippen LogP contribution in [0.4, 0.5) is 5.82 Å². The molecule has 1 rings (SSSR count). The standard InChI is InChI=1S/C10H16N4O/c1-7-8(13-5-4-12-7)14-6-10(2,3)9(11)15/h4-5H,6H2,1-3H3,(H2,11,15)(H,13,14). The first-order valence-corrected chi connectivity index (χ1v) is 4.75. The van der Waals surface area contributed by atoms with E-state index >= 15 is 0 Å². The maximum Gasteiger partial charge on any atom is 0.224 e. The molecule has 0 fully saturated rings. The van der Waals surface area contributed by atoms with Crippen LogP contribution < -0.4 is 11.1 Å². The third-order valence-corrected chi connectivity index (χ3v) is 2.25. The second-order valence-electron chi connectivity index (χ2n) is 4.09. The number of hydrogen-bond acceptors (Lipinski definition) is 4. The van der Waals surface area contributed by atoms with Gasteiger partial charge in [0.05, 0.1) is 11.1 Å². The van der Waals surface area contributed by atoms with Crippen molar-refractivity contribution in [2.75, 3.05) is 11.9 Å². The lowest BCUT2D eigenvalue weighted by Crippen LogP contribution is -2.37. The Kier molecular flexibility index (Phi) is 3.24. The van der Waals surface area contributed by atoms with Gasteiger partial charge in [0.15, 0.2) is 0 Å². The largest absolute Gasteiger partial charge is 0.369 e. The fourth-order valence-corrected chi connectivity index (χ4v) is 0.973. The van der Waals surface area contributed by atoms with Crippen molar-refractivity contribution in [2.24, 2.45) is 11.1 Å². The van der Waals surface area contributed by atoms with Crippen molar-refractivity contribution in [2.45, 2.75) is 20.8 Å². The number of hydrogen-bond donors (Lipinski definition) is 2. The Balaban J connectivity index is 2.66. The van der Waals surface area contributed by atoms with Gasteiger partial charge in [-0.2, -0.15) is 0 Å². The molecule has 0 atom stereocenters. The molecule has 3 N–H and O–H groups in total. The minimum Gasteiger partial charge on any atom is -0.369 e. The maximum absolute atomic E-state index is 11.1. The van der Waals surface area contributed by atoms with Crippen LogP contribution in [0.3, 0.4) is 0 Å². The van der Waals surface area contributed by atoms with E-state index in [2.05, 4.69) is 15.3 Å². The minimum absolute atomic E-state index is 0.337. The summed E-state index contributed by atoms with van der Waals surface area (Å²) in [6, 6.07) is 0. The molecule has 0 aliphatic rings. The zero-order chi connectivity index (χ0) is 11.5. The highest BCUT2D eigenvalue weighted by molar-refractivity contribution is 5.80. The average molecular weight is 208 g/mol. The molecule has 15 heavy (non-hydrogen) atoms. The number of amides is 1. The van der Waals surface area contributed by atoms with E-state index in [1.807, 2.05) is 6.92 Å². The summed E-state index contributed by atoms with van der Waals surface area (Å²) in [5.41, 5.74) is 5.47. The highest BCUT2D eigenvalue weighted by Gasteiger charge is 2.24. The zero-order valence-electron chi connectivity index (χ0n) is 9.24. The summed E-state index contributed by atoms with van der Waals surface area (Å²) in [7, 11) is 0. The van der Waals surface area contributed by atoms with Gasteiger partial charge >= 0.3 is 0 Å². The molecule has 1 amide bonds. The predicted octanol–water partition coefficient (Wildman–Crippen LogP) is 0.708. The molecule has 0 spiro atoms. The van der Waals surface area contributed by atoms with Gasteiger partial charge in [-0.3, -0.25) is 9.78 Å². The number of nitrogens with one attached hydrogen (secondary N) is 1. The molecular formula is C10H16N4O. The Labute approximate surface area is 89.1 Å². The SMILES string of the molecule is Cc1nccnc1NCC(C)(C)C(N)=O. The molecule has 0 aliphatic heterocycles. The molecule has 1 aromatic heterocycles. The number of nitrogens with zero attached hydrogens (tertiary/aromatic N) is 2. The number of anilines is 1. The van der Waals surface area contributed by atoms with Crippen LogP contribution in [0, 0.1) is 12.3 Å². The lowest BCUT2D eigenvalue weighted by molar-refractivity contribution is -0.125. The molecule has 5 heteroatoms. The predicted molar refractivity (Wildman–Crippen MR) is 58.2 cm³/mol. The molecule has 0 saturated carbocycles. The van der Waals surface area contributed by atoms with Crippen LogP contribution in [0.1, 0.15) is 19.5 Å². The van der Waals surface area contributed by atoms with E-state index in [4.69, 9.17) is 5.73 Å². The number of nitrogens with two attached hydrogens (primary N) is 1. The molecule has 0 aromatic carbocycles. The van der Waals surface area contributed by atoms with Crippen LogP contribution in [-0.4, -0.2) is 22.4 Å². The Morgan fingerprint density at radius 3 is 2.60 bits per heavy atom. The van der Waals surface area contributed by atoms with Gasteiger partial charge in [-0.1, -0.05) is 0 Å². The Hall–Kier alpha value is -1.65. The Morgan fingerprint density at radius 2 is 2.07 bits per heavy atom. The average Bonchev–Trinajstić information content (AvgIpc) is 2.16. The number of aryl methyl sites for hydroxylation is 1. The van der Waals surface area contributed by atoms with E-state index in [1.54, 1.807) is 26.2 Å². The molecule has 0 bridgehead atoms. The van der Waals surface area contributed by atoms with Crippen molar-refractivity contribution in [3.8, 4) is 0 Å². The van der Waals surface area contributed by atoms with Crippen molar-refractivity contribution in [1.29, 1.82) is 0 Å². The van der Waals surface area contributed by atoms with Gasteiger partial charge in [-0.25, -0.2) is 4.98 Å². The second kappa shape index (κ2) is 4.25. The summed E-state index contributed by atoms with van der Waals surface area (Å²) in [6.07, 6.45) is 3.23. The Bertz CT molecular complexity index is 362. The molecule has 1 aromatic rings. The fraction of sp³-hybridized carbons (Fsp3) is 0.500. The highest BCUT2D eigenvalue weighted by atomic mass is 16.1. The molecule has 1 heterocycles. The summed E-state index contributed by atoms with van der Waals surface area (Å²) in [5.74, 6) is 0.350. The lowest BCUT2D eigenvalue weighted by atomic mass is 9.93. The van der Waals surface area contributed by atoms with E-state index in [0.29, 0.717) is 12.4 Å². The van der Waals surface area contributed by atoms with E-state index in [-0.39, 0.29) is 5.91 Å². The first-order valence-electron chi connectivity index (χ1n) is 4.75. The van der Waals surface area contributed by atoms with E-state index < -0.39 is 5.41 Å². The highest BCUT2D eigenvalue weighted by Crippen LogP contribution is 2.15. The molecule has 0 saturated heterocycles. The first-order chi connectivity index (χ1) is 6.93. The molecule has 0 radical (unpaired) electrons. The summed E-state index contributed by atoms with van der Waals surface area (Å²) in [5, 5.41) is 3.06. The fourth-order valence-electron chi connectivity index (χ4n) is 0.973. The molecule has 82 valence electrons. The number of aromatic nitrogens is 2. The van der Waals surface area contributed by atoms with Gasteiger partial charge in [0, 0.05) is 18.9 Å². The van der Waals surface area contributed by atoms with E-state index in [9.17, 15) is 4.79 Å². The first kappa shape index (κ1) is 11.4.